The fourth-order valence-corrected chi connectivity index (χ4v) is 2.78. The highest BCUT2D eigenvalue weighted by Gasteiger charge is 2.16. The number of hydrogen-bond acceptors (Lipinski definition) is 1. The molecule has 1 heterocycles. The van der Waals surface area contributed by atoms with Gasteiger partial charge >= 0.3 is 0 Å². The third-order valence-corrected chi connectivity index (χ3v) is 3.97. The van der Waals surface area contributed by atoms with Crippen LogP contribution in [0, 0.1) is 11.6 Å². The molecule has 3 rings (SSSR count). The summed E-state index contributed by atoms with van der Waals surface area (Å²) in [6.45, 7) is 0. The fourth-order valence-electron chi connectivity index (χ4n) is 2.28. The molecule has 0 radical (unpaired) electrons. The topological polar surface area (TPSA) is 17.8 Å². The zero-order valence-electron chi connectivity index (χ0n) is 10.8. The molecule has 0 aliphatic heterocycles. The van der Waals surface area contributed by atoms with Gasteiger partial charge in [0, 0.05) is 18.4 Å². The van der Waals surface area contributed by atoms with Crippen molar-refractivity contribution in [1.29, 1.82) is 0 Å². The number of nitrogens with zero attached hydrogens (tertiary/aromatic N) is 2. The number of fused-ring (bicyclic) bond motifs is 1. The minimum absolute atomic E-state index is 0.325. The standard InChI is InChI=1S/C15H10BrClF2N2/c16-9-7-12-14(8-11(9)19)21(15(20-12)5-6-17)13-4-2-1-3-10(13)18/h1-4,7-8H,5-6H2. The van der Waals surface area contributed by atoms with Crippen LogP contribution in [-0.4, -0.2) is 15.4 Å². The van der Waals surface area contributed by atoms with Crippen molar-refractivity contribution >= 4 is 38.6 Å². The highest BCUT2D eigenvalue weighted by atomic mass is 79.9. The predicted octanol–water partition coefficient (Wildman–Crippen LogP) is 4.85. The van der Waals surface area contributed by atoms with E-state index in [2.05, 4.69) is 20.9 Å². The van der Waals surface area contributed by atoms with Gasteiger partial charge in [0.25, 0.3) is 0 Å². The Hall–Kier alpha value is -1.46. The second kappa shape index (κ2) is 5.73. The number of para-hydroxylation sites is 1. The number of hydrogen-bond donors (Lipinski definition) is 0. The molecule has 108 valence electrons. The van der Waals surface area contributed by atoms with Gasteiger partial charge in [-0.25, -0.2) is 13.8 Å². The minimum Gasteiger partial charge on any atom is -0.293 e. The molecule has 2 nitrogen and oxygen atoms in total. The molecule has 6 heteroatoms. The SMILES string of the molecule is Fc1cc2c(cc1Br)nc(CCCl)n2-c1ccccc1F. The van der Waals surface area contributed by atoms with Gasteiger partial charge in [0.15, 0.2) is 0 Å². The Bertz CT molecular complexity index is 817. The second-order valence-corrected chi connectivity index (χ2v) is 5.74. The van der Waals surface area contributed by atoms with Crippen LogP contribution in [0.2, 0.25) is 0 Å². The van der Waals surface area contributed by atoms with Crippen LogP contribution in [0.1, 0.15) is 5.82 Å². The molecule has 0 fully saturated rings. The maximum Gasteiger partial charge on any atom is 0.147 e. The highest BCUT2D eigenvalue weighted by molar-refractivity contribution is 9.10. The number of halogens is 4. The Labute approximate surface area is 133 Å². The number of imidazole rings is 1. The Morgan fingerprint density at radius 3 is 2.62 bits per heavy atom. The lowest BCUT2D eigenvalue weighted by molar-refractivity contribution is 0.614. The Morgan fingerprint density at radius 1 is 1.14 bits per heavy atom. The summed E-state index contributed by atoms with van der Waals surface area (Å²) in [5.41, 5.74) is 1.44. The lowest BCUT2D eigenvalue weighted by atomic mass is 10.2. The number of aryl methyl sites for hydroxylation is 1. The zero-order valence-corrected chi connectivity index (χ0v) is 13.1. The lowest BCUT2D eigenvalue weighted by Crippen LogP contribution is -2.04. The van der Waals surface area contributed by atoms with Crippen molar-refractivity contribution in [2.24, 2.45) is 0 Å². The Morgan fingerprint density at radius 2 is 1.90 bits per heavy atom. The first-order valence-corrected chi connectivity index (χ1v) is 7.62. The van der Waals surface area contributed by atoms with E-state index in [0.717, 1.165) is 0 Å². The molecule has 21 heavy (non-hydrogen) atoms. The van der Waals surface area contributed by atoms with Crippen molar-refractivity contribution in [1.82, 2.24) is 9.55 Å². The van der Waals surface area contributed by atoms with Gasteiger partial charge < -0.3 is 0 Å². The summed E-state index contributed by atoms with van der Waals surface area (Å²) in [6, 6.07) is 9.26. The van der Waals surface area contributed by atoms with Gasteiger partial charge in [-0.15, -0.1) is 11.6 Å². The van der Waals surface area contributed by atoms with Crippen molar-refractivity contribution < 1.29 is 8.78 Å². The van der Waals surface area contributed by atoms with Crippen LogP contribution in [0.15, 0.2) is 40.9 Å². The molecular formula is C15H10BrClF2N2. The number of alkyl halides is 1. The highest BCUT2D eigenvalue weighted by Crippen LogP contribution is 2.28. The van der Waals surface area contributed by atoms with E-state index in [0.29, 0.717) is 39.3 Å². The van der Waals surface area contributed by atoms with E-state index >= 15 is 0 Å². The largest absolute Gasteiger partial charge is 0.293 e. The Kier molecular flexibility index (Phi) is 3.95. The summed E-state index contributed by atoms with van der Waals surface area (Å²) in [5.74, 6) is 0.137. The average molecular weight is 372 g/mol. The van der Waals surface area contributed by atoms with Crippen LogP contribution in [0.4, 0.5) is 8.78 Å². The second-order valence-electron chi connectivity index (χ2n) is 4.51. The summed E-state index contributed by atoms with van der Waals surface area (Å²) >= 11 is 8.93. The van der Waals surface area contributed by atoms with Gasteiger partial charge in [0.2, 0.25) is 0 Å². The monoisotopic (exact) mass is 370 g/mol. The van der Waals surface area contributed by atoms with Crippen molar-refractivity contribution in [2.45, 2.75) is 6.42 Å². The van der Waals surface area contributed by atoms with Crippen LogP contribution in [0.3, 0.4) is 0 Å². The van der Waals surface area contributed by atoms with Crippen LogP contribution >= 0.6 is 27.5 Å². The van der Waals surface area contributed by atoms with Crippen LogP contribution in [0.25, 0.3) is 16.7 Å². The first-order chi connectivity index (χ1) is 10.1. The van der Waals surface area contributed by atoms with Gasteiger partial charge in [0.05, 0.1) is 21.2 Å². The maximum atomic E-state index is 14.1. The average Bonchev–Trinajstić information content (AvgIpc) is 2.78. The molecule has 1 aromatic heterocycles. The zero-order chi connectivity index (χ0) is 15.0. The quantitative estimate of drug-likeness (QED) is 0.602. The van der Waals surface area contributed by atoms with E-state index in [4.69, 9.17) is 11.6 Å². The molecule has 0 bridgehead atoms. The smallest absolute Gasteiger partial charge is 0.147 e. The van der Waals surface area contributed by atoms with Gasteiger partial charge in [-0.05, 0) is 34.1 Å². The number of benzene rings is 2. The van der Waals surface area contributed by atoms with E-state index in [-0.39, 0.29) is 0 Å². The van der Waals surface area contributed by atoms with Crippen molar-refractivity contribution in [2.75, 3.05) is 5.88 Å². The molecule has 0 aliphatic carbocycles. The Balaban J connectivity index is 2.35. The summed E-state index contributed by atoms with van der Waals surface area (Å²) in [6.07, 6.45) is 0.462. The lowest BCUT2D eigenvalue weighted by Gasteiger charge is -2.09. The van der Waals surface area contributed by atoms with Crippen LogP contribution in [-0.2, 0) is 6.42 Å². The van der Waals surface area contributed by atoms with Gasteiger partial charge in [-0.3, -0.25) is 4.57 Å². The number of rotatable bonds is 3. The van der Waals surface area contributed by atoms with E-state index in [1.807, 2.05) is 0 Å². The van der Waals surface area contributed by atoms with E-state index in [1.165, 1.54) is 12.1 Å². The number of aromatic nitrogens is 2. The predicted molar refractivity (Wildman–Crippen MR) is 83.1 cm³/mol. The molecule has 0 spiro atoms. The van der Waals surface area contributed by atoms with Crippen molar-refractivity contribution in [3.8, 4) is 5.69 Å². The molecule has 2 aromatic carbocycles. The molecule has 0 N–H and O–H groups in total. The van der Waals surface area contributed by atoms with Crippen molar-refractivity contribution in [3.05, 3.63) is 58.3 Å². The molecule has 0 amide bonds. The molecule has 0 unspecified atom stereocenters. The van der Waals surface area contributed by atoms with Crippen LogP contribution < -0.4 is 0 Å². The molecule has 3 aromatic rings. The fraction of sp³-hybridized carbons (Fsp3) is 0.133. The molecule has 0 saturated carbocycles. The van der Waals surface area contributed by atoms with Crippen molar-refractivity contribution in [3.63, 3.8) is 0 Å². The normalized spacial score (nSPS) is 11.2. The maximum absolute atomic E-state index is 14.1. The summed E-state index contributed by atoms with van der Waals surface area (Å²) < 4.78 is 29.9. The van der Waals surface area contributed by atoms with Crippen LogP contribution in [0.5, 0.6) is 0 Å². The third-order valence-electron chi connectivity index (χ3n) is 3.18. The van der Waals surface area contributed by atoms with Gasteiger partial charge in [0.1, 0.15) is 17.5 Å². The first-order valence-electron chi connectivity index (χ1n) is 6.29. The minimum atomic E-state index is -0.419. The van der Waals surface area contributed by atoms with Gasteiger partial charge in [-0.1, -0.05) is 12.1 Å². The van der Waals surface area contributed by atoms with E-state index < -0.39 is 11.6 Å². The first kappa shape index (κ1) is 14.5. The van der Waals surface area contributed by atoms with E-state index in [9.17, 15) is 8.78 Å². The van der Waals surface area contributed by atoms with Gasteiger partial charge in [-0.2, -0.15) is 0 Å². The van der Waals surface area contributed by atoms with E-state index in [1.54, 1.807) is 28.8 Å². The summed E-state index contributed by atoms with van der Waals surface area (Å²) in [4.78, 5) is 4.44. The summed E-state index contributed by atoms with van der Waals surface area (Å²) in [7, 11) is 0. The molecular weight excluding hydrogens is 362 g/mol. The third kappa shape index (κ3) is 2.56. The molecule has 0 saturated heterocycles. The molecule has 0 atom stereocenters. The molecule has 0 aliphatic rings. The summed E-state index contributed by atoms with van der Waals surface area (Å²) in [5, 5.41) is 0.